The summed E-state index contributed by atoms with van der Waals surface area (Å²) in [6.45, 7) is 1.09. The third-order valence-corrected chi connectivity index (χ3v) is 3.44. The lowest BCUT2D eigenvalue weighted by Crippen LogP contribution is -2.26. The molecule has 2 aromatic heterocycles. The number of pyridine rings is 1. The van der Waals surface area contributed by atoms with Crippen LogP contribution in [0.5, 0.6) is 0 Å². The third kappa shape index (κ3) is 1.70. The molecule has 1 aliphatic heterocycles. The minimum Gasteiger partial charge on any atom is -0.309 e. The molecular weight excluding hydrogens is 222 g/mol. The summed E-state index contributed by atoms with van der Waals surface area (Å²) >= 11 is 6.11. The van der Waals surface area contributed by atoms with Crippen LogP contribution in [-0.2, 0) is 0 Å². The van der Waals surface area contributed by atoms with E-state index < -0.39 is 0 Å². The Morgan fingerprint density at radius 1 is 1.38 bits per heavy atom. The smallest absolute Gasteiger partial charge is 0.138 e. The molecule has 3 nitrogen and oxygen atoms in total. The van der Waals surface area contributed by atoms with Crippen molar-refractivity contribution in [1.82, 2.24) is 14.7 Å². The highest BCUT2D eigenvalue weighted by molar-refractivity contribution is 6.29. The minimum atomic E-state index is 0.393. The molecule has 0 spiro atoms. The van der Waals surface area contributed by atoms with Gasteiger partial charge in [-0.3, -0.25) is 4.40 Å². The minimum absolute atomic E-state index is 0.393. The van der Waals surface area contributed by atoms with Crippen molar-refractivity contribution in [2.24, 2.45) is 0 Å². The molecule has 0 amide bonds. The molecule has 1 saturated heterocycles. The van der Waals surface area contributed by atoms with Gasteiger partial charge in [-0.25, -0.2) is 4.98 Å². The summed E-state index contributed by atoms with van der Waals surface area (Å²) in [6, 6.07) is 6.19. The number of aromatic nitrogens is 2. The number of hydrogen-bond acceptors (Lipinski definition) is 2. The first-order valence-electron chi connectivity index (χ1n) is 5.71. The van der Waals surface area contributed by atoms with E-state index in [4.69, 9.17) is 11.6 Å². The van der Waals surface area contributed by atoms with E-state index in [-0.39, 0.29) is 0 Å². The van der Waals surface area contributed by atoms with Gasteiger partial charge in [0, 0.05) is 6.20 Å². The first kappa shape index (κ1) is 10.1. The Kier molecular flexibility index (Phi) is 2.58. The molecule has 1 atom stereocenters. The molecule has 4 heteroatoms. The second kappa shape index (κ2) is 4.07. The summed E-state index contributed by atoms with van der Waals surface area (Å²) in [5, 5.41) is 4.21. The summed E-state index contributed by atoms with van der Waals surface area (Å²) in [4.78, 5) is 4.61. The number of imidazole rings is 1. The maximum atomic E-state index is 6.11. The number of nitrogens with zero attached hydrogens (tertiary/aromatic N) is 2. The second-order valence-corrected chi connectivity index (χ2v) is 4.63. The predicted octanol–water partition coefficient (Wildman–Crippen LogP) is 2.80. The van der Waals surface area contributed by atoms with Crippen molar-refractivity contribution in [2.45, 2.75) is 25.3 Å². The lowest BCUT2D eigenvalue weighted by atomic mass is 10.0. The summed E-state index contributed by atoms with van der Waals surface area (Å²) < 4.78 is 1.94. The van der Waals surface area contributed by atoms with E-state index in [1.165, 1.54) is 19.3 Å². The number of piperidine rings is 1. The fourth-order valence-electron chi connectivity index (χ4n) is 2.27. The van der Waals surface area contributed by atoms with Gasteiger partial charge in [0.15, 0.2) is 0 Å². The highest BCUT2D eigenvalue weighted by Crippen LogP contribution is 2.23. The van der Waals surface area contributed by atoms with Crippen LogP contribution in [0.1, 0.15) is 31.0 Å². The Morgan fingerprint density at radius 2 is 2.31 bits per heavy atom. The number of fused-ring (bicyclic) bond motifs is 1. The van der Waals surface area contributed by atoms with Gasteiger partial charge in [0.2, 0.25) is 0 Å². The fourth-order valence-corrected chi connectivity index (χ4v) is 2.48. The van der Waals surface area contributed by atoms with Crippen molar-refractivity contribution in [3.63, 3.8) is 0 Å². The molecule has 0 aromatic carbocycles. The molecule has 84 valence electrons. The molecule has 0 radical (unpaired) electrons. The van der Waals surface area contributed by atoms with Crippen LogP contribution < -0.4 is 5.32 Å². The van der Waals surface area contributed by atoms with Crippen molar-refractivity contribution >= 4 is 17.2 Å². The van der Waals surface area contributed by atoms with Crippen molar-refractivity contribution < 1.29 is 0 Å². The van der Waals surface area contributed by atoms with Crippen LogP contribution in [0.4, 0.5) is 0 Å². The summed E-state index contributed by atoms with van der Waals surface area (Å²) in [6.07, 6.45) is 5.76. The summed E-state index contributed by atoms with van der Waals surface area (Å²) in [5.74, 6) is 0. The lowest BCUT2D eigenvalue weighted by molar-refractivity contribution is 0.406. The van der Waals surface area contributed by atoms with E-state index in [9.17, 15) is 0 Å². The number of nitrogens with one attached hydrogen (secondary N) is 1. The average Bonchev–Trinajstić information content (AvgIpc) is 2.76. The standard InChI is InChI=1S/C12H14ClN3/c13-11-5-3-6-12-15-10(8-16(11)12)9-4-1-2-7-14-9/h3,5-6,8-9,14H,1-2,4,7H2. The van der Waals surface area contributed by atoms with Crippen LogP contribution in [-0.4, -0.2) is 15.9 Å². The van der Waals surface area contributed by atoms with Crippen LogP contribution >= 0.6 is 11.6 Å². The van der Waals surface area contributed by atoms with Gasteiger partial charge in [0.25, 0.3) is 0 Å². The highest BCUT2D eigenvalue weighted by atomic mass is 35.5. The van der Waals surface area contributed by atoms with E-state index in [1.807, 2.05) is 28.8 Å². The van der Waals surface area contributed by atoms with Crippen LogP contribution in [0.3, 0.4) is 0 Å². The van der Waals surface area contributed by atoms with Gasteiger partial charge in [0.05, 0.1) is 11.7 Å². The van der Waals surface area contributed by atoms with Crippen LogP contribution in [0.25, 0.3) is 5.65 Å². The van der Waals surface area contributed by atoms with Gasteiger partial charge in [0.1, 0.15) is 10.8 Å². The van der Waals surface area contributed by atoms with Crippen LogP contribution in [0, 0.1) is 0 Å². The maximum Gasteiger partial charge on any atom is 0.138 e. The SMILES string of the molecule is Clc1cccc2nc(C3CCCCN3)cn12. The van der Waals surface area contributed by atoms with Gasteiger partial charge in [-0.15, -0.1) is 0 Å². The second-order valence-electron chi connectivity index (χ2n) is 4.24. The highest BCUT2D eigenvalue weighted by Gasteiger charge is 2.17. The average molecular weight is 236 g/mol. The first-order valence-corrected chi connectivity index (χ1v) is 6.09. The van der Waals surface area contributed by atoms with Gasteiger partial charge in [-0.2, -0.15) is 0 Å². The number of hydrogen-bond donors (Lipinski definition) is 1. The lowest BCUT2D eigenvalue weighted by Gasteiger charge is -2.21. The molecule has 0 bridgehead atoms. The molecular formula is C12H14ClN3. The Balaban J connectivity index is 2.01. The largest absolute Gasteiger partial charge is 0.309 e. The molecule has 0 saturated carbocycles. The van der Waals surface area contributed by atoms with Crippen molar-refractivity contribution in [2.75, 3.05) is 6.54 Å². The quantitative estimate of drug-likeness (QED) is 0.771. The first-order chi connectivity index (χ1) is 7.84. The van der Waals surface area contributed by atoms with Gasteiger partial charge >= 0.3 is 0 Å². The number of rotatable bonds is 1. The van der Waals surface area contributed by atoms with E-state index in [1.54, 1.807) is 0 Å². The zero-order valence-electron chi connectivity index (χ0n) is 8.99. The summed E-state index contributed by atoms with van der Waals surface area (Å²) in [7, 11) is 0. The fraction of sp³-hybridized carbons (Fsp3) is 0.417. The Morgan fingerprint density at radius 3 is 3.06 bits per heavy atom. The molecule has 1 N–H and O–H groups in total. The van der Waals surface area contributed by atoms with Gasteiger partial charge in [-0.05, 0) is 31.5 Å². The van der Waals surface area contributed by atoms with Crippen molar-refractivity contribution in [3.8, 4) is 0 Å². The number of halogens is 1. The normalized spacial score (nSPS) is 21.4. The molecule has 1 aliphatic rings. The summed E-state index contributed by atoms with van der Waals surface area (Å²) in [5.41, 5.74) is 2.03. The van der Waals surface area contributed by atoms with Crippen LogP contribution in [0.15, 0.2) is 24.4 Å². The zero-order chi connectivity index (χ0) is 11.0. The van der Waals surface area contributed by atoms with E-state index in [0.29, 0.717) is 11.2 Å². The molecule has 3 rings (SSSR count). The Labute approximate surface area is 99.4 Å². The third-order valence-electron chi connectivity index (χ3n) is 3.13. The van der Waals surface area contributed by atoms with Crippen LogP contribution in [0.2, 0.25) is 5.15 Å². The van der Waals surface area contributed by atoms with E-state index >= 15 is 0 Å². The Bertz CT molecular complexity index is 500. The molecule has 1 fully saturated rings. The van der Waals surface area contributed by atoms with Crippen molar-refractivity contribution in [3.05, 3.63) is 35.2 Å². The topological polar surface area (TPSA) is 29.3 Å². The molecule has 1 unspecified atom stereocenters. The predicted molar refractivity (Wildman–Crippen MR) is 64.8 cm³/mol. The maximum absolute atomic E-state index is 6.11. The monoisotopic (exact) mass is 235 g/mol. The molecule has 0 aliphatic carbocycles. The van der Waals surface area contributed by atoms with Gasteiger partial charge in [-0.1, -0.05) is 24.1 Å². The molecule has 16 heavy (non-hydrogen) atoms. The van der Waals surface area contributed by atoms with Gasteiger partial charge < -0.3 is 5.32 Å². The van der Waals surface area contributed by atoms with E-state index in [2.05, 4.69) is 10.3 Å². The van der Waals surface area contributed by atoms with E-state index in [0.717, 1.165) is 17.9 Å². The zero-order valence-corrected chi connectivity index (χ0v) is 9.74. The molecule has 3 heterocycles. The van der Waals surface area contributed by atoms with Crippen molar-refractivity contribution in [1.29, 1.82) is 0 Å². The Hall–Kier alpha value is -1.06. The molecule has 2 aromatic rings.